The van der Waals surface area contributed by atoms with E-state index in [0.29, 0.717) is 6.61 Å². The summed E-state index contributed by atoms with van der Waals surface area (Å²) < 4.78 is 8.53. The highest BCUT2D eigenvalue weighted by molar-refractivity contribution is 9.10. The molecule has 0 bridgehead atoms. The van der Waals surface area contributed by atoms with Gasteiger partial charge in [0.15, 0.2) is 0 Å². The molecule has 0 fully saturated rings. The van der Waals surface area contributed by atoms with Crippen molar-refractivity contribution < 1.29 is 4.74 Å². The van der Waals surface area contributed by atoms with Crippen LogP contribution in [0.25, 0.3) is 0 Å². The fourth-order valence-electron chi connectivity index (χ4n) is 1.53. The van der Waals surface area contributed by atoms with Crippen molar-refractivity contribution in [1.29, 1.82) is 0 Å². The molecule has 1 aromatic heterocycles. The zero-order valence-electron chi connectivity index (χ0n) is 9.51. The van der Waals surface area contributed by atoms with Crippen molar-refractivity contribution in [3.8, 4) is 5.75 Å². The highest BCUT2D eigenvalue weighted by atomic mass is 79.9. The highest BCUT2D eigenvalue weighted by Gasteiger charge is 2.11. The third-order valence-corrected chi connectivity index (χ3v) is 2.96. The van der Waals surface area contributed by atoms with Crippen molar-refractivity contribution in [3.05, 3.63) is 47.0 Å². The summed E-state index contributed by atoms with van der Waals surface area (Å²) >= 11 is 3.37. The van der Waals surface area contributed by atoms with Gasteiger partial charge in [0.2, 0.25) is 0 Å². The Morgan fingerprint density at radius 2 is 2.12 bits per heavy atom. The van der Waals surface area contributed by atoms with E-state index in [2.05, 4.69) is 20.9 Å². The molecule has 0 aliphatic heterocycles. The maximum atomic E-state index is 6.00. The van der Waals surface area contributed by atoms with E-state index in [1.807, 2.05) is 42.1 Å². The molecule has 0 spiro atoms. The second-order valence-corrected chi connectivity index (χ2v) is 4.68. The van der Waals surface area contributed by atoms with E-state index in [9.17, 15) is 0 Å². The Morgan fingerprint density at radius 3 is 2.71 bits per heavy atom. The van der Waals surface area contributed by atoms with Gasteiger partial charge in [-0.05, 0) is 24.3 Å². The van der Waals surface area contributed by atoms with Crippen molar-refractivity contribution in [3.63, 3.8) is 0 Å². The fourth-order valence-corrected chi connectivity index (χ4v) is 1.79. The second kappa shape index (κ2) is 5.33. The lowest BCUT2D eigenvalue weighted by molar-refractivity contribution is 0.284. The number of hydrogen-bond donors (Lipinski definition) is 1. The smallest absolute Gasteiger partial charge is 0.128 e. The lowest BCUT2D eigenvalue weighted by atomic mass is 10.3. The van der Waals surface area contributed by atoms with Crippen LogP contribution in [0.2, 0.25) is 0 Å². The zero-order chi connectivity index (χ0) is 12.3. The van der Waals surface area contributed by atoms with Gasteiger partial charge in [-0.2, -0.15) is 0 Å². The maximum Gasteiger partial charge on any atom is 0.128 e. The van der Waals surface area contributed by atoms with Crippen LogP contribution >= 0.6 is 15.9 Å². The zero-order valence-corrected chi connectivity index (χ0v) is 11.1. The molecule has 1 unspecified atom stereocenters. The average Bonchev–Trinajstić information content (AvgIpc) is 2.74. The minimum atomic E-state index is -0.223. The number of aryl methyl sites for hydroxylation is 1. The monoisotopic (exact) mass is 295 g/mol. The molecule has 2 rings (SSSR count). The van der Waals surface area contributed by atoms with Crippen molar-refractivity contribution in [2.45, 2.75) is 6.04 Å². The number of rotatable bonds is 4. The number of ether oxygens (including phenoxy) is 1. The van der Waals surface area contributed by atoms with E-state index in [0.717, 1.165) is 16.0 Å². The summed E-state index contributed by atoms with van der Waals surface area (Å²) in [5, 5.41) is 0. The minimum absolute atomic E-state index is 0.223. The molecule has 2 aromatic rings. The van der Waals surface area contributed by atoms with E-state index < -0.39 is 0 Å². The van der Waals surface area contributed by atoms with Gasteiger partial charge in [0, 0.05) is 23.9 Å². The average molecular weight is 296 g/mol. The molecule has 0 saturated heterocycles. The molecule has 17 heavy (non-hydrogen) atoms. The quantitative estimate of drug-likeness (QED) is 0.941. The Balaban J connectivity index is 1.94. The molecule has 2 N–H and O–H groups in total. The van der Waals surface area contributed by atoms with Crippen molar-refractivity contribution >= 4 is 15.9 Å². The molecule has 0 aliphatic carbocycles. The van der Waals surface area contributed by atoms with Crippen molar-refractivity contribution in [1.82, 2.24) is 9.55 Å². The van der Waals surface area contributed by atoms with Crippen LogP contribution in [0.1, 0.15) is 11.9 Å². The summed E-state index contributed by atoms with van der Waals surface area (Å²) in [5.41, 5.74) is 6.00. The molecular formula is C12H14BrN3O. The lowest BCUT2D eigenvalue weighted by Crippen LogP contribution is -2.22. The molecule has 0 radical (unpaired) electrons. The largest absolute Gasteiger partial charge is 0.491 e. The van der Waals surface area contributed by atoms with E-state index in [1.165, 1.54) is 0 Å². The molecular weight excluding hydrogens is 282 g/mol. The van der Waals surface area contributed by atoms with Crippen LogP contribution < -0.4 is 10.5 Å². The Bertz CT molecular complexity index is 481. The van der Waals surface area contributed by atoms with Gasteiger partial charge >= 0.3 is 0 Å². The Hall–Kier alpha value is -1.33. The number of nitrogens with zero attached hydrogens (tertiary/aromatic N) is 2. The van der Waals surface area contributed by atoms with Crippen molar-refractivity contribution in [2.75, 3.05) is 6.61 Å². The summed E-state index contributed by atoms with van der Waals surface area (Å²) in [6.07, 6.45) is 3.60. The number of aromatic nitrogens is 2. The van der Waals surface area contributed by atoms with Crippen LogP contribution in [0.3, 0.4) is 0 Å². The molecule has 1 atom stereocenters. The summed E-state index contributed by atoms with van der Waals surface area (Å²) in [6.45, 7) is 0.409. The van der Waals surface area contributed by atoms with Crippen LogP contribution in [0.15, 0.2) is 41.1 Å². The first kappa shape index (κ1) is 12.1. The van der Waals surface area contributed by atoms with E-state index in [4.69, 9.17) is 10.5 Å². The Kier molecular flexibility index (Phi) is 3.81. The van der Waals surface area contributed by atoms with Crippen LogP contribution in [0.5, 0.6) is 5.75 Å². The highest BCUT2D eigenvalue weighted by Crippen LogP contribution is 2.17. The van der Waals surface area contributed by atoms with Gasteiger partial charge in [-0.15, -0.1) is 0 Å². The molecule has 0 aliphatic rings. The number of imidazole rings is 1. The minimum Gasteiger partial charge on any atom is -0.491 e. The summed E-state index contributed by atoms with van der Waals surface area (Å²) in [6, 6.07) is 7.44. The SMILES string of the molecule is Cn1ccnc1C(N)COc1ccc(Br)cc1. The molecule has 4 nitrogen and oxygen atoms in total. The standard InChI is InChI=1S/C12H14BrN3O/c1-16-7-6-15-12(16)11(14)8-17-10-4-2-9(13)3-5-10/h2-7,11H,8,14H2,1H3. The van der Waals surface area contributed by atoms with Crippen LogP contribution in [0.4, 0.5) is 0 Å². The molecule has 1 aromatic carbocycles. The van der Waals surface area contributed by atoms with E-state index >= 15 is 0 Å². The summed E-state index contributed by atoms with van der Waals surface area (Å²) in [4.78, 5) is 4.19. The summed E-state index contributed by atoms with van der Waals surface area (Å²) in [5.74, 6) is 1.62. The van der Waals surface area contributed by atoms with Crippen LogP contribution in [-0.2, 0) is 7.05 Å². The second-order valence-electron chi connectivity index (χ2n) is 3.77. The maximum absolute atomic E-state index is 6.00. The van der Waals surface area contributed by atoms with E-state index in [1.54, 1.807) is 6.20 Å². The molecule has 1 heterocycles. The number of hydrogen-bond acceptors (Lipinski definition) is 3. The number of benzene rings is 1. The summed E-state index contributed by atoms with van der Waals surface area (Å²) in [7, 11) is 1.92. The van der Waals surface area contributed by atoms with Gasteiger partial charge in [-0.25, -0.2) is 4.98 Å². The van der Waals surface area contributed by atoms with Crippen LogP contribution in [0, 0.1) is 0 Å². The lowest BCUT2D eigenvalue weighted by Gasteiger charge is -2.13. The third kappa shape index (κ3) is 3.08. The van der Waals surface area contributed by atoms with Gasteiger partial charge in [-0.1, -0.05) is 15.9 Å². The van der Waals surface area contributed by atoms with Gasteiger partial charge in [0.05, 0.1) is 6.04 Å². The third-order valence-electron chi connectivity index (χ3n) is 2.43. The van der Waals surface area contributed by atoms with Crippen molar-refractivity contribution in [2.24, 2.45) is 12.8 Å². The van der Waals surface area contributed by atoms with Gasteiger partial charge in [-0.3, -0.25) is 0 Å². The molecule has 5 heteroatoms. The Morgan fingerprint density at radius 1 is 1.41 bits per heavy atom. The predicted octanol–water partition coefficient (Wildman–Crippen LogP) is 2.26. The topological polar surface area (TPSA) is 53.1 Å². The first-order chi connectivity index (χ1) is 8.16. The van der Waals surface area contributed by atoms with E-state index in [-0.39, 0.29) is 6.04 Å². The first-order valence-corrected chi connectivity index (χ1v) is 6.07. The normalized spacial score (nSPS) is 12.4. The van der Waals surface area contributed by atoms with Gasteiger partial charge in [0.25, 0.3) is 0 Å². The molecule has 90 valence electrons. The predicted molar refractivity (Wildman–Crippen MR) is 69.8 cm³/mol. The molecule has 0 amide bonds. The van der Waals surface area contributed by atoms with Gasteiger partial charge < -0.3 is 15.0 Å². The Labute approximate surface area is 109 Å². The number of nitrogens with two attached hydrogens (primary N) is 1. The number of halogens is 1. The fraction of sp³-hybridized carbons (Fsp3) is 0.250. The first-order valence-electron chi connectivity index (χ1n) is 5.28. The van der Waals surface area contributed by atoms with Gasteiger partial charge in [0.1, 0.15) is 18.2 Å². The van der Waals surface area contributed by atoms with Crippen LogP contribution in [-0.4, -0.2) is 16.2 Å². The molecule has 0 saturated carbocycles.